The number of piperazine rings is 1. The van der Waals surface area contributed by atoms with Crippen molar-refractivity contribution in [2.24, 2.45) is 35.5 Å². The lowest BCUT2D eigenvalue weighted by atomic mass is 9.78. The van der Waals surface area contributed by atoms with Gasteiger partial charge in [-0.3, -0.25) is 19.2 Å². The first-order valence-electron chi connectivity index (χ1n) is 31.9. The number of allylic oxidation sites excluding steroid dienone is 6. The molecule has 7 rings (SSSR count). The second kappa shape index (κ2) is 32.6. The SMILES string of the molecule is CO[C@H]1C[C@@H]2CC[C@@H](C)[C@@](O)(O2)C(=O)C(=O)N2CCCC[C@H]2C(=O)O[C@H]([C@H](C)C[C@@H]2CC[C@@H](OC(=O)N(C)Cc3cnc(N4CCN(c5ncc(C)cn5)CC4)nc3)[C@H](OC)C2)CC(=O)[C@H](C)/C=C(\C)[C@@H](O)[C@@H](OC)C(=O)[C@H](C)C[C@H](C)/C=C/C=CC=C1C. The lowest BCUT2D eigenvalue weighted by molar-refractivity contribution is -0.265. The van der Waals surface area contributed by atoms with Gasteiger partial charge in [0.05, 0.1) is 24.9 Å². The summed E-state index contributed by atoms with van der Waals surface area (Å²) in [5, 5.41) is 23.7. The molecule has 0 aromatic carbocycles. The summed E-state index contributed by atoms with van der Waals surface area (Å²) in [5.74, 6) is -7.21. The number of hydrogen-bond acceptors (Lipinski definition) is 20. The minimum atomic E-state index is -2.47. The topological polar surface area (TPSA) is 263 Å². The molecule has 3 saturated heterocycles. The quantitative estimate of drug-likeness (QED) is 0.124. The molecule has 0 spiro atoms. The van der Waals surface area contributed by atoms with E-state index >= 15 is 0 Å². The number of esters is 1. The number of methoxy groups -OCH3 is 3. The third-order valence-corrected chi connectivity index (χ3v) is 18.7. The number of cyclic esters (lactones) is 1. The zero-order chi connectivity index (χ0) is 64.7. The molecule has 6 heterocycles. The molecule has 5 aliphatic rings. The summed E-state index contributed by atoms with van der Waals surface area (Å²) in [6.07, 6.45) is 16.8. The van der Waals surface area contributed by atoms with Crippen LogP contribution in [0, 0.1) is 42.4 Å². The number of ether oxygens (including phenoxy) is 6. The van der Waals surface area contributed by atoms with E-state index in [1.54, 1.807) is 60.5 Å². The monoisotopic (exact) mass is 1240 g/mol. The number of fused-ring (bicyclic) bond motifs is 3. The highest BCUT2D eigenvalue weighted by molar-refractivity contribution is 6.39. The van der Waals surface area contributed by atoms with Crippen LogP contribution in [0.5, 0.6) is 0 Å². The first kappa shape index (κ1) is 70.2. The van der Waals surface area contributed by atoms with Gasteiger partial charge >= 0.3 is 12.1 Å². The van der Waals surface area contributed by atoms with Crippen LogP contribution < -0.4 is 9.80 Å². The maximum atomic E-state index is 14.7. The lowest BCUT2D eigenvalue weighted by Crippen LogP contribution is -2.61. The number of piperidine rings is 1. The van der Waals surface area contributed by atoms with E-state index < -0.39 is 102 Å². The van der Waals surface area contributed by atoms with Crippen LogP contribution in [0.4, 0.5) is 16.7 Å². The van der Waals surface area contributed by atoms with Gasteiger partial charge < -0.3 is 58.2 Å². The lowest BCUT2D eigenvalue weighted by Gasteiger charge is -2.42. The Hall–Kier alpha value is -6.30. The van der Waals surface area contributed by atoms with Gasteiger partial charge in [0.25, 0.3) is 11.7 Å². The molecule has 0 radical (unpaired) electrons. The average Bonchev–Trinajstić information content (AvgIpc) is 2.46. The Bertz CT molecular complexity index is 2840. The van der Waals surface area contributed by atoms with Crippen molar-refractivity contribution in [1.82, 2.24) is 29.7 Å². The van der Waals surface area contributed by atoms with Crippen LogP contribution in [0.15, 0.2) is 72.4 Å². The first-order valence-corrected chi connectivity index (χ1v) is 31.9. The first-order chi connectivity index (χ1) is 42.4. The zero-order valence-electron chi connectivity index (χ0n) is 54.5. The summed E-state index contributed by atoms with van der Waals surface area (Å²) in [6, 6.07) is -1.20. The molecule has 1 saturated carbocycles. The molecule has 22 nitrogen and oxygen atoms in total. The number of Topliss-reactive ketones (excluding diaryl/α,β-unsaturated/α-hetero) is 3. The Morgan fingerprint density at radius 3 is 2.08 bits per heavy atom. The van der Waals surface area contributed by atoms with Crippen molar-refractivity contribution in [3.8, 4) is 0 Å². The Labute approximate surface area is 525 Å². The van der Waals surface area contributed by atoms with Gasteiger partial charge in [-0.05, 0) is 119 Å². The number of aromatic nitrogens is 4. The van der Waals surface area contributed by atoms with E-state index in [2.05, 4.69) is 29.7 Å². The number of nitrogens with zero attached hydrogens (tertiary/aromatic N) is 8. The zero-order valence-corrected chi connectivity index (χ0v) is 54.5. The Balaban J connectivity index is 1.05. The van der Waals surface area contributed by atoms with Crippen molar-refractivity contribution in [2.75, 3.05) is 70.9 Å². The number of amides is 2. The summed E-state index contributed by atoms with van der Waals surface area (Å²) in [4.78, 5) is 111. The largest absolute Gasteiger partial charge is 0.460 e. The standard InChI is InChI=1S/C67H98N8O14/c1-41-18-14-13-15-19-43(3)55(84-10)34-51-23-21-48(8)67(83,89-51)61(79)62(80)75-25-17-16-20-52(75)63(81)87-56(35-53(76)44(4)31-47(7)59(78)60(86-12)58(77)46(6)30-41)45(5)32-49-22-24-54(57(33-49)85-11)88-66(82)72(9)40-50-38-70-65(71-39-50)74-28-26-73(27-29-74)64-68-36-42(2)37-69-64/h13-15,18-19,31,36-39,41,44-46,48-49,51-52,54-57,59-60,78,83H,16-17,20-30,32-35,40H2,1-12H3/b15-13?,18-14+,43-19?,47-31+/t41-,44-,45-,46-,48-,49+,51+,52+,54-,55+,56+,57-,59-,60+,67-/m1/s1. The predicted octanol–water partition coefficient (Wildman–Crippen LogP) is 7.67. The van der Waals surface area contributed by atoms with E-state index in [0.29, 0.717) is 94.8 Å². The molecule has 1 aliphatic carbocycles. The van der Waals surface area contributed by atoms with Crippen LogP contribution in [0.3, 0.4) is 0 Å². The summed E-state index contributed by atoms with van der Waals surface area (Å²) in [5.41, 5.74) is 2.96. The molecule has 22 heteroatoms. The van der Waals surface area contributed by atoms with Gasteiger partial charge in [-0.1, -0.05) is 71.1 Å². The molecule has 2 aromatic rings. The summed E-state index contributed by atoms with van der Waals surface area (Å²) < 4.78 is 36.2. The molecule has 4 aliphatic heterocycles. The molecule has 2 N–H and O–H groups in total. The fourth-order valence-electron chi connectivity index (χ4n) is 13.0. The predicted molar refractivity (Wildman–Crippen MR) is 334 cm³/mol. The number of aliphatic hydroxyl groups excluding tert-OH is 1. The molecule has 2 aromatic heterocycles. The second-order valence-corrected chi connectivity index (χ2v) is 25.7. The van der Waals surface area contributed by atoms with Gasteiger partial charge in [0.2, 0.25) is 17.7 Å². The van der Waals surface area contributed by atoms with Gasteiger partial charge in [0, 0.05) is 122 Å². The number of aryl methyl sites for hydroxylation is 1. The third kappa shape index (κ3) is 18.5. The summed E-state index contributed by atoms with van der Waals surface area (Å²) >= 11 is 0. The van der Waals surface area contributed by atoms with Crippen LogP contribution >= 0.6 is 0 Å². The number of hydrogen-bond donors (Lipinski definition) is 2. The van der Waals surface area contributed by atoms with E-state index in [-0.39, 0.29) is 49.3 Å². The molecule has 89 heavy (non-hydrogen) atoms. The molecule has 2 amide bonds. The number of ketones is 3. The van der Waals surface area contributed by atoms with E-state index in [1.165, 1.54) is 16.9 Å². The Morgan fingerprint density at radius 1 is 0.775 bits per heavy atom. The summed E-state index contributed by atoms with van der Waals surface area (Å²) in [6.45, 7) is 17.7. The van der Waals surface area contributed by atoms with Crippen LogP contribution in [-0.4, -0.2) is 191 Å². The molecule has 4 fully saturated rings. The number of anilines is 2. The number of aliphatic hydroxyl groups is 2. The minimum absolute atomic E-state index is 0.00759. The average molecular weight is 1240 g/mol. The van der Waals surface area contributed by atoms with Gasteiger partial charge in [-0.15, -0.1) is 0 Å². The highest BCUT2D eigenvalue weighted by Gasteiger charge is 2.53. The maximum absolute atomic E-state index is 14.7. The molecule has 0 unspecified atom stereocenters. The van der Waals surface area contributed by atoms with Gasteiger partial charge in [0.15, 0.2) is 5.78 Å². The van der Waals surface area contributed by atoms with Crippen LogP contribution in [0.2, 0.25) is 0 Å². The number of rotatable bonds is 11. The van der Waals surface area contributed by atoms with E-state index in [1.807, 2.05) is 77.4 Å². The molecule has 15 atom stereocenters. The van der Waals surface area contributed by atoms with Gasteiger partial charge in [-0.25, -0.2) is 29.5 Å². The highest BCUT2D eigenvalue weighted by atomic mass is 16.6. The van der Waals surface area contributed by atoms with Crippen LogP contribution in [0.25, 0.3) is 0 Å². The smallest absolute Gasteiger partial charge is 0.410 e. The van der Waals surface area contributed by atoms with Gasteiger partial charge in [0.1, 0.15) is 36.2 Å². The van der Waals surface area contributed by atoms with E-state index in [4.69, 9.17) is 28.4 Å². The van der Waals surface area contributed by atoms with Crippen molar-refractivity contribution >= 4 is 47.2 Å². The van der Waals surface area contributed by atoms with Crippen molar-refractivity contribution in [1.29, 1.82) is 0 Å². The van der Waals surface area contributed by atoms with Crippen molar-refractivity contribution in [2.45, 2.75) is 194 Å². The van der Waals surface area contributed by atoms with Crippen LogP contribution in [-0.2, 0) is 58.9 Å². The van der Waals surface area contributed by atoms with E-state index in [9.17, 15) is 39.0 Å². The maximum Gasteiger partial charge on any atom is 0.410 e. The minimum Gasteiger partial charge on any atom is -0.460 e. The summed E-state index contributed by atoms with van der Waals surface area (Å²) in [7, 11) is 6.18. The number of carbonyl (C=O) groups is 6. The normalized spacial score (nSPS) is 32.7. The fourth-order valence-corrected chi connectivity index (χ4v) is 13.0. The molecular weight excluding hydrogens is 1140 g/mol. The molecule has 2 bridgehead atoms. The van der Waals surface area contributed by atoms with Crippen molar-refractivity contribution in [3.63, 3.8) is 0 Å². The van der Waals surface area contributed by atoms with Gasteiger partial charge in [-0.2, -0.15) is 0 Å². The second-order valence-electron chi connectivity index (χ2n) is 25.7. The Morgan fingerprint density at radius 2 is 1.44 bits per heavy atom. The van der Waals surface area contributed by atoms with E-state index in [0.717, 1.165) is 29.8 Å². The Kier molecular flexibility index (Phi) is 25.7. The van der Waals surface area contributed by atoms with Crippen molar-refractivity contribution in [3.05, 3.63) is 83.5 Å². The van der Waals surface area contributed by atoms with Crippen molar-refractivity contribution < 1.29 is 67.4 Å². The molecular formula is C67H98N8O14. The number of carbonyl (C=O) groups excluding carboxylic acids is 6. The molecule has 490 valence electrons. The fraction of sp³-hybridized carbons (Fsp3) is 0.672. The third-order valence-electron chi connectivity index (χ3n) is 18.7. The van der Waals surface area contributed by atoms with Crippen LogP contribution in [0.1, 0.15) is 137 Å². The highest BCUT2D eigenvalue weighted by Crippen LogP contribution is 2.38.